The minimum atomic E-state index is -0.791. The molecule has 17 heavy (non-hydrogen) atoms. The lowest BCUT2D eigenvalue weighted by Gasteiger charge is -2.32. The number of nitriles is 1. The first-order valence-corrected chi connectivity index (χ1v) is 6.90. The number of hydrogen-bond acceptors (Lipinski definition) is 4. The van der Waals surface area contributed by atoms with E-state index in [0.717, 1.165) is 17.7 Å². The van der Waals surface area contributed by atoms with Gasteiger partial charge in [-0.1, -0.05) is 11.6 Å². The average Bonchev–Trinajstić information content (AvgIpc) is 3.02. The lowest BCUT2D eigenvalue weighted by atomic mass is 9.71. The number of rotatable bonds is 2. The maximum Gasteiger partial charge on any atom is 0.117 e. The molecule has 3 rings (SSSR count). The third-order valence-corrected chi connectivity index (χ3v) is 5.13. The molecule has 2 aliphatic heterocycles. The summed E-state index contributed by atoms with van der Waals surface area (Å²) in [5, 5.41) is 22.3. The normalized spacial score (nSPS) is 37.0. The van der Waals surface area contributed by atoms with E-state index < -0.39 is 11.5 Å². The van der Waals surface area contributed by atoms with Gasteiger partial charge in [0.25, 0.3) is 0 Å². The molecule has 3 heterocycles. The molecule has 4 atom stereocenters. The molecular formula is C12H12ClNO2S. The Morgan fingerprint density at radius 2 is 2.47 bits per heavy atom. The Morgan fingerprint density at radius 3 is 2.94 bits per heavy atom. The van der Waals surface area contributed by atoms with Gasteiger partial charge in [-0.15, -0.1) is 11.3 Å². The van der Waals surface area contributed by atoms with Crippen LogP contribution in [0.2, 0.25) is 5.02 Å². The molecule has 0 amide bonds. The summed E-state index contributed by atoms with van der Waals surface area (Å²) in [6.45, 7) is 0. The molecule has 90 valence electrons. The fourth-order valence-electron chi connectivity index (χ4n) is 2.93. The topological polar surface area (TPSA) is 53.2 Å². The Hall–Kier alpha value is -0.600. The Kier molecular flexibility index (Phi) is 2.68. The number of nitrogens with zero attached hydrogens (tertiary/aromatic N) is 1. The fourth-order valence-corrected chi connectivity index (χ4v) is 4.10. The zero-order chi connectivity index (χ0) is 12.0. The van der Waals surface area contributed by atoms with Gasteiger partial charge in [-0.05, 0) is 25.3 Å². The molecular weight excluding hydrogens is 258 g/mol. The Morgan fingerprint density at radius 1 is 1.65 bits per heavy atom. The smallest absolute Gasteiger partial charge is 0.117 e. The summed E-state index contributed by atoms with van der Waals surface area (Å²) in [5.41, 5.74) is -0.781. The van der Waals surface area contributed by atoms with Gasteiger partial charge in [0.1, 0.15) is 11.5 Å². The zero-order valence-electron chi connectivity index (χ0n) is 9.10. The van der Waals surface area contributed by atoms with E-state index in [0.29, 0.717) is 11.4 Å². The molecule has 0 spiro atoms. The predicted molar refractivity (Wildman–Crippen MR) is 64.8 cm³/mol. The van der Waals surface area contributed by atoms with Gasteiger partial charge in [-0.25, -0.2) is 0 Å². The number of thiophene rings is 1. The molecule has 4 unspecified atom stereocenters. The van der Waals surface area contributed by atoms with Crippen molar-refractivity contribution >= 4 is 22.9 Å². The van der Waals surface area contributed by atoms with Gasteiger partial charge in [0.2, 0.25) is 0 Å². The van der Waals surface area contributed by atoms with E-state index in [4.69, 9.17) is 16.3 Å². The van der Waals surface area contributed by atoms with E-state index in [1.165, 1.54) is 11.3 Å². The number of aliphatic hydroxyl groups is 1. The molecule has 2 saturated heterocycles. The summed E-state index contributed by atoms with van der Waals surface area (Å²) < 4.78 is 5.72. The Balaban J connectivity index is 1.94. The van der Waals surface area contributed by atoms with E-state index in [1.807, 2.05) is 0 Å². The molecule has 1 N–H and O–H groups in total. The first kappa shape index (κ1) is 11.5. The fraction of sp³-hybridized carbons (Fsp3) is 0.583. The summed E-state index contributed by atoms with van der Waals surface area (Å²) in [6, 6.07) is 4.04. The van der Waals surface area contributed by atoms with Crippen LogP contribution in [0.25, 0.3) is 0 Å². The van der Waals surface area contributed by atoms with Gasteiger partial charge in [-0.3, -0.25) is 0 Å². The van der Waals surface area contributed by atoms with Crippen molar-refractivity contribution in [2.24, 2.45) is 5.41 Å². The maximum atomic E-state index is 10.5. The summed E-state index contributed by atoms with van der Waals surface area (Å²) in [7, 11) is 0. The standard InChI is InChI=1S/C12H12ClNO2S/c13-7-3-9(17-5-7)11(15)12(6-14)4-8-1-2-10(12)16-8/h3,5,8,10-11,15H,1-2,4H2. The van der Waals surface area contributed by atoms with Crippen molar-refractivity contribution in [2.45, 2.75) is 37.6 Å². The van der Waals surface area contributed by atoms with Crippen molar-refractivity contribution in [1.82, 2.24) is 0 Å². The minimum absolute atomic E-state index is 0.131. The predicted octanol–water partition coefficient (Wildman–Crippen LogP) is 2.90. The number of ether oxygens (including phenoxy) is 1. The van der Waals surface area contributed by atoms with Gasteiger partial charge >= 0.3 is 0 Å². The molecule has 5 heteroatoms. The van der Waals surface area contributed by atoms with Crippen molar-refractivity contribution in [3.63, 3.8) is 0 Å². The second kappa shape index (κ2) is 3.96. The second-order valence-corrected chi connectivity index (χ2v) is 6.13. The molecule has 2 aliphatic rings. The van der Waals surface area contributed by atoms with E-state index in [2.05, 4.69) is 6.07 Å². The van der Waals surface area contributed by atoms with Gasteiger partial charge < -0.3 is 9.84 Å². The summed E-state index contributed by atoms with van der Waals surface area (Å²) in [4.78, 5) is 0.757. The third kappa shape index (κ3) is 1.61. The number of halogens is 1. The van der Waals surface area contributed by atoms with Crippen molar-refractivity contribution < 1.29 is 9.84 Å². The van der Waals surface area contributed by atoms with Crippen LogP contribution in [-0.2, 0) is 4.74 Å². The molecule has 1 aromatic rings. The largest absolute Gasteiger partial charge is 0.386 e. The number of fused-ring (bicyclic) bond motifs is 2. The monoisotopic (exact) mass is 269 g/mol. The molecule has 0 aliphatic carbocycles. The first-order chi connectivity index (χ1) is 8.15. The third-order valence-electron chi connectivity index (χ3n) is 3.80. The highest BCUT2D eigenvalue weighted by Crippen LogP contribution is 2.54. The van der Waals surface area contributed by atoms with Crippen LogP contribution in [0.4, 0.5) is 0 Å². The van der Waals surface area contributed by atoms with Crippen molar-refractivity contribution in [1.29, 1.82) is 5.26 Å². The van der Waals surface area contributed by atoms with Gasteiger partial charge in [0, 0.05) is 10.3 Å². The second-order valence-electron chi connectivity index (χ2n) is 4.75. The van der Waals surface area contributed by atoms with E-state index in [1.54, 1.807) is 11.4 Å². The van der Waals surface area contributed by atoms with Crippen molar-refractivity contribution in [3.05, 3.63) is 21.3 Å². The summed E-state index contributed by atoms with van der Waals surface area (Å²) in [5.74, 6) is 0. The van der Waals surface area contributed by atoms with Crippen LogP contribution in [0.3, 0.4) is 0 Å². The van der Waals surface area contributed by atoms with Crippen LogP contribution in [0.15, 0.2) is 11.4 Å². The molecule has 3 nitrogen and oxygen atoms in total. The molecule has 0 saturated carbocycles. The van der Waals surface area contributed by atoms with E-state index in [-0.39, 0.29) is 12.2 Å². The highest BCUT2D eigenvalue weighted by Gasteiger charge is 2.57. The molecule has 1 aromatic heterocycles. The summed E-state index contributed by atoms with van der Waals surface area (Å²) >= 11 is 7.26. The maximum absolute atomic E-state index is 10.5. The van der Waals surface area contributed by atoms with Crippen molar-refractivity contribution in [2.75, 3.05) is 0 Å². The number of aliphatic hydroxyl groups excluding tert-OH is 1. The van der Waals surface area contributed by atoms with Gasteiger partial charge in [0.05, 0.1) is 23.3 Å². The Bertz CT molecular complexity index is 483. The molecule has 0 radical (unpaired) electrons. The van der Waals surface area contributed by atoms with Crippen LogP contribution < -0.4 is 0 Å². The van der Waals surface area contributed by atoms with Gasteiger partial charge in [-0.2, -0.15) is 5.26 Å². The van der Waals surface area contributed by atoms with Crippen LogP contribution >= 0.6 is 22.9 Å². The highest BCUT2D eigenvalue weighted by atomic mass is 35.5. The SMILES string of the molecule is N#CC1(C(O)c2cc(Cl)cs2)CC2CCC1O2. The number of hydrogen-bond donors (Lipinski definition) is 1. The van der Waals surface area contributed by atoms with Gasteiger partial charge in [0.15, 0.2) is 0 Å². The summed E-state index contributed by atoms with van der Waals surface area (Å²) in [6.07, 6.45) is 1.73. The first-order valence-electron chi connectivity index (χ1n) is 5.64. The highest BCUT2D eigenvalue weighted by molar-refractivity contribution is 7.10. The molecule has 2 bridgehead atoms. The average molecular weight is 270 g/mol. The quantitative estimate of drug-likeness (QED) is 0.898. The van der Waals surface area contributed by atoms with Crippen LogP contribution in [0, 0.1) is 16.7 Å². The van der Waals surface area contributed by atoms with E-state index in [9.17, 15) is 10.4 Å². The lowest BCUT2D eigenvalue weighted by Crippen LogP contribution is -2.36. The van der Waals surface area contributed by atoms with E-state index >= 15 is 0 Å². The zero-order valence-corrected chi connectivity index (χ0v) is 10.7. The van der Waals surface area contributed by atoms with Crippen LogP contribution in [-0.4, -0.2) is 17.3 Å². The molecule has 0 aromatic carbocycles. The van der Waals surface area contributed by atoms with Crippen LogP contribution in [0.5, 0.6) is 0 Å². The lowest BCUT2D eigenvalue weighted by molar-refractivity contribution is 0.00526. The Labute approximate surface area is 109 Å². The van der Waals surface area contributed by atoms with Crippen LogP contribution in [0.1, 0.15) is 30.2 Å². The minimum Gasteiger partial charge on any atom is -0.386 e. The van der Waals surface area contributed by atoms with Crippen molar-refractivity contribution in [3.8, 4) is 6.07 Å². The molecule has 2 fully saturated rings.